The molecule has 1 aliphatic heterocycles. The van der Waals surface area contributed by atoms with Crippen molar-refractivity contribution in [2.45, 2.75) is 33.2 Å². The van der Waals surface area contributed by atoms with Gasteiger partial charge in [0.1, 0.15) is 5.82 Å². The van der Waals surface area contributed by atoms with E-state index in [2.05, 4.69) is 15.3 Å². The van der Waals surface area contributed by atoms with Crippen LogP contribution in [0.15, 0.2) is 0 Å². The Balaban J connectivity index is 1.99. The van der Waals surface area contributed by atoms with Gasteiger partial charge in [0.15, 0.2) is 0 Å². The maximum Gasteiger partial charge on any atom is 0.216 e. The number of nitrogens with one attached hydrogen (secondary N) is 1. The number of amides is 1. The zero-order valence-corrected chi connectivity index (χ0v) is 12.6. The van der Waals surface area contributed by atoms with Crippen molar-refractivity contribution in [1.82, 2.24) is 15.1 Å². The van der Waals surface area contributed by atoms with Crippen LogP contribution in [0.3, 0.4) is 0 Å². The molecule has 1 saturated heterocycles. The van der Waals surface area contributed by atoms with Gasteiger partial charge in [-0.25, -0.2) is 0 Å². The SMILES string of the molecule is CC(=O)NCC1CCN(c2c(CN)c(C)nn2C)CC1. The lowest BCUT2D eigenvalue weighted by Crippen LogP contribution is -2.39. The van der Waals surface area contributed by atoms with E-state index in [1.165, 1.54) is 0 Å². The number of aromatic nitrogens is 2. The maximum absolute atomic E-state index is 11.0. The largest absolute Gasteiger partial charge is 0.357 e. The lowest BCUT2D eigenvalue weighted by Gasteiger charge is -2.34. The van der Waals surface area contributed by atoms with Crippen LogP contribution in [0.25, 0.3) is 0 Å². The first-order chi connectivity index (χ1) is 9.52. The van der Waals surface area contributed by atoms with Gasteiger partial charge in [-0.2, -0.15) is 5.10 Å². The number of hydrogen-bond acceptors (Lipinski definition) is 4. The smallest absolute Gasteiger partial charge is 0.216 e. The van der Waals surface area contributed by atoms with Gasteiger partial charge in [0, 0.05) is 45.7 Å². The second kappa shape index (κ2) is 6.26. The number of carbonyl (C=O) groups excluding carboxylic acids is 1. The Kier molecular flexibility index (Phi) is 4.65. The molecule has 6 nitrogen and oxygen atoms in total. The van der Waals surface area contributed by atoms with Gasteiger partial charge in [-0.15, -0.1) is 0 Å². The first kappa shape index (κ1) is 14.8. The van der Waals surface area contributed by atoms with Crippen LogP contribution in [0.2, 0.25) is 0 Å². The van der Waals surface area contributed by atoms with Crippen molar-refractivity contribution in [2.75, 3.05) is 24.5 Å². The summed E-state index contributed by atoms with van der Waals surface area (Å²) in [5.74, 6) is 1.79. The number of nitrogens with two attached hydrogens (primary N) is 1. The molecule has 2 rings (SSSR count). The highest BCUT2D eigenvalue weighted by molar-refractivity contribution is 5.72. The van der Waals surface area contributed by atoms with Gasteiger partial charge >= 0.3 is 0 Å². The molecule has 0 atom stereocenters. The summed E-state index contributed by atoms with van der Waals surface area (Å²) >= 11 is 0. The molecule has 0 bridgehead atoms. The first-order valence-electron chi connectivity index (χ1n) is 7.24. The highest BCUT2D eigenvalue weighted by atomic mass is 16.1. The molecule has 3 N–H and O–H groups in total. The summed E-state index contributed by atoms with van der Waals surface area (Å²) in [5, 5.41) is 7.39. The molecule has 0 unspecified atom stereocenters. The van der Waals surface area contributed by atoms with E-state index < -0.39 is 0 Å². The van der Waals surface area contributed by atoms with Crippen LogP contribution in [0.1, 0.15) is 31.0 Å². The average Bonchev–Trinajstić information content (AvgIpc) is 2.71. The van der Waals surface area contributed by atoms with Crippen LogP contribution in [-0.4, -0.2) is 35.3 Å². The topological polar surface area (TPSA) is 76.2 Å². The quantitative estimate of drug-likeness (QED) is 0.843. The Bertz CT molecular complexity index is 474. The zero-order valence-electron chi connectivity index (χ0n) is 12.6. The highest BCUT2D eigenvalue weighted by Gasteiger charge is 2.24. The molecule has 0 spiro atoms. The van der Waals surface area contributed by atoms with Gasteiger partial charge in [-0.1, -0.05) is 0 Å². The minimum atomic E-state index is 0.0557. The molecular weight excluding hydrogens is 254 g/mol. The highest BCUT2D eigenvalue weighted by Crippen LogP contribution is 2.27. The Morgan fingerprint density at radius 3 is 2.65 bits per heavy atom. The van der Waals surface area contributed by atoms with E-state index in [0.717, 1.165) is 49.6 Å². The van der Waals surface area contributed by atoms with Crippen molar-refractivity contribution in [3.05, 3.63) is 11.3 Å². The van der Waals surface area contributed by atoms with Crippen molar-refractivity contribution >= 4 is 11.7 Å². The molecule has 0 aliphatic carbocycles. The van der Waals surface area contributed by atoms with Crippen LogP contribution >= 0.6 is 0 Å². The first-order valence-corrected chi connectivity index (χ1v) is 7.24. The second-order valence-corrected chi connectivity index (χ2v) is 5.58. The van der Waals surface area contributed by atoms with Crippen LogP contribution in [0.4, 0.5) is 5.82 Å². The molecule has 1 aromatic heterocycles. The summed E-state index contributed by atoms with van der Waals surface area (Å²) in [6.45, 7) is 6.89. The molecule has 2 heterocycles. The Morgan fingerprint density at radius 2 is 2.10 bits per heavy atom. The van der Waals surface area contributed by atoms with Crippen molar-refractivity contribution in [2.24, 2.45) is 18.7 Å². The van der Waals surface area contributed by atoms with Gasteiger partial charge in [-0.3, -0.25) is 9.48 Å². The van der Waals surface area contributed by atoms with Crippen LogP contribution in [-0.2, 0) is 18.4 Å². The van der Waals surface area contributed by atoms with E-state index in [0.29, 0.717) is 12.5 Å². The fraction of sp³-hybridized carbons (Fsp3) is 0.714. The fourth-order valence-electron chi connectivity index (χ4n) is 2.96. The predicted octanol–water partition coefficient (Wildman–Crippen LogP) is 0.540. The molecule has 1 aliphatic rings. The summed E-state index contributed by atoms with van der Waals surface area (Å²) in [4.78, 5) is 13.3. The standard InChI is InChI=1S/C14H25N5O/c1-10-13(8-15)14(18(3)17-10)19-6-4-12(5-7-19)9-16-11(2)20/h12H,4-9,15H2,1-3H3,(H,16,20). The summed E-state index contributed by atoms with van der Waals surface area (Å²) in [7, 11) is 1.98. The zero-order chi connectivity index (χ0) is 14.7. The molecule has 20 heavy (non-hydrogen) atoms. The normalized spacial score (nSPS) is 16.5. The summed E-state index contributed by atoms with van der Waals surface area (Å²) in [6.07, 6.45) is 2.18. The molecule has 1 aromatic rings. The summed E-state index contributed by atoms with van der Waals surface area (Å²) in [6, 6.07) is 0. The number of anilines is 1. The summed E-state index contributed by atoms with van der Waals surface area (Å²) < 4.78 is 1.94. The molecule has 1 fully saturated rings. The Hall–Kier alpha value is -1.56. The fourth-order valence-corrected chi connectivity index (χ4v) is 2.96. The van der Waals surface area contributed by atoms with E-state index in [-0.39, 0.29) is 5.91 Å². The average molecular weight is 279 g/mol. The van der Waals surface area contributed by atoms with Crippen LogP contribution in [0.5, 0.6) is 0 Å². The maximum atomic E-state index is 11.0. The van der Waals surface area contributed by atoms with Crippen molar-refractivity contribution in [1.29, 1.82) is 0 Å². The molecule has 1 amide bonds. The van der Waals surface area contributed by atoms with E-state index >= 15 is 0 Å². The molecule has 112 valence electrons. The molecule has 0 saturated carbocycles. The van der Waals surface area contributed by atoms with E-state index in [1.807, 2.05) is 18.7 Å². The van der Waals surface area contributed by atoms with Crippen LogP contribution < -0.4 is 16.0 Å². The Labute approximate surface area is 120 Å². The molecule has 6 heteroatoms. The van der Waals surface area contributed by atoms with Gasteiger partial charge in [0.25, 0.3) is 0 Å². The number of rotatable bonds is 4. The number of hydrogen-bond donors (Lipinski definition) is 2. The predicted molar refractivity (Wildman–Crippen MR) is 79.5 cm³/mol. The number of nitrogens with zero attached hydrogens (tertiary/aromatic N) is 3. The van der Waals surface area contributed by atoms with E-state index in [9.17, 15) is 4.79 Å². The third-order valence-corrected chi connectivity index (χ3v) is 4.07. The second-order valence-electron chi connectivity index (χ2n) is 5.58. The molecule has 0 aromatic carbocycles. The summed E-state index contributed by atoms with van der Waals surface area (Å²) in [5.41, 5.74) is 8.02. The van der Waals surface area contributed by atoms with Crippen molar-refractivity contribution in [3.8, 4) is 0 Å². The minimum absolute atomic E-state index is 0.0557. The Morgan fingerprint density at radius 1 is 1.45 bits per heavy atom. The van der Waals surface area contributed by atoms with Crippen LogP contribution in [0, 0.1) is 12.8 Å². The van der Waals surface area contributed by atoms with Gasteiger partial charge in [0.05, 0.1) is 5.69 Å². The van der Waals surface area contributed by atoms with Crippen molar-refractivity contribution in [3.63, 3.8) is 0 Å². The van der Waals surface area contributed by atoms with Crippen molar-refractivity contribution < 1.29 is 4.79 Å². The third kappa shape index (κ3) is 3.12. The lowest BCUT2D eigenvalue weighted by atomic mass is 9.96. The van der Waals surface area contributed by atoms with E-state index in [4.69, 9.17) is 5.73 Å². The van der Waals surface area contributed by atoms with Gasteiger partial charge in [0.2, 0.25) is 5.91 Å². The minimum Gasteiger partial charge on any atom is -0.357 e. The van der Waals surface area contributed by atoms with E-state index in [1.54, 1.807) is 6.92 Å². The number of aryl methyl sites for hydroxylation is 2. The lowest BCUT2D eigenvalue weighted by molar-refractivity contribution is -0.119. The molecule has 0 radical (unpaired) electrons. The van der Waals surface area contributed by atoms with Gasteiger partial charge < -0.3 is 16.0 Å². The third-order valence-electron chi connectivity index (χ3n) is 4.07. The molecular formula is C14H25N5O. The monoisotopic (exact) mass is 279 g/mol. The van der Waals surface area contributed by atoms with Gasteiger partial charge in [-0.05, 0) is 25.7 Å². The number of carbonyl (C=O) groups is 1. The number of piperidine rings is 1.